The Morgan fingerprint density at radius 1 is 1.52 bits per heavy atom. The normalized spacial score (nSPS) is 12.4. The quantitative estimate of drug-likeness (QED) is 0.577. The van der Waals surface area contributed by atoms with Crippen LogP contribution in [0.25, 0.3) is 0 Å². The summed E-state index contributed by atoms with van der Waals surface area (Å²) in [5, 5.41) is 4.98. The minimum Gasteiger partial charge on any atom is -0.491 e. The third-order valence-corrected chi connectivity index (χ3v) is 3.86. The molecule has 2 aromatic rings. The van der Waals surface area contributed by atoms with Crippen molar-refractivity contribution in [1.29, 1.82) is 0 Å². The first-order chi connectivity index (χ1) is 10.2. The number of benzene rings is 1. The largest absolute Gasteiger partial charge is 0.491 e. The van der Waals surface area contributed by atoms with E-state index >= 15 is 0 Å². The van der Waals surface area contributed by atoms with Crippen LogP contribution in [0.2, 0.25) is 5.02 Å². The number of ether oxygens (including phenoxy) is 1. The number of nitrogens with two attached hydrogens (primary N) is 1. The van der Waals surface area contributed by atoms with Crippen molar-refractivity contribution in [2.24, 2.45) is 5.84 Å². The zero-order valence-electron chi connectivity index (χ0n) is 11.7. The Morgan fingerprint density at radius 2 is 2.33 bits per heavy atom. The molecule has 0 aliphatic heterocycles. The number of hydrazine groups is 1. The van der Waals surface area contributed by atoms with Crippen molar-refractivity contribution in [3.8, 4) is 5.75 Å². The molecule has 7 heteroatoms. The SMILES string of the molecule is CCCn1ncc(Br)c1C(COc1cccc(Cl)c1)NN. The fourth-order valence-corrected chi connectivity index (χ4v) is 2.80. The molecular formula is C14H18BrClN4O. The molecule has 3 N–H and O–H groups in total. The van der Waals surface area contributed by atoms with E-state index in [0.717, 1.165) is 23.1 Å². The van der Waals surface area contributed by atoms with Crippen LogP contribution in [0.3, 0.4) is 0 Å². The third-order valence-electron chi connectivity index (χ3n) is 3.01. The summed E-state index contributed by atoms with van der Waals surface area (Å²) in [7, 11) is 0. The summed E-state index contributed by atoms with van der Waals surface area (Å²) in [6, 6.07) is 7.11. The van der Waals surface area contributed by atoms with Crippen molar-refractivity contribution in [3.05, 3.63) is 45.7 Å². The predicted molar refractivity (Wildman–Crippen MR) is 87.2 cm³/mol. The van der Waals surface area contributed by atoms with Crippen LogP contribution in [0.15, 0.2) is 34.9 Å². The number of hydrogen-bond acceptors (Lipinski definition) is 4. The zero-order valence-corrected chi connectivity index (χ0v) is 14.1. The first kappa shape index (κ1) is 16.3. The van der Waals surface area contributed by atoms with Crippen LogP contribution in [0, 0.1) is 0 Å². The van der Waals surface area contributed by atoms with Gasteiger partial charge in [-0.1, -0.05) is 24.6 Å². The molecule has 1 atom stereocenters. The van der Waals surface area contributed by atoms with E-state index < -0.39 is 0 Å². The predicted octanol–water partition coefficient (Wildman–Crippen LogP) is 3.29. The number of aryl methyl sites for hydroxylation is 1. The van der Waals surface area contributed by atoms with Gasteiger partial charge < -0.3 is 4.74 Å². The highest BCUT2D eigenvalue weighted by atomic mass is 79.9. The van der Waals surface area contributed by atoms with Gasteiger partial charge in [0.2, 0.25) is 0 Å². The number of rotatable bonds is 7. The molecule has 0 saturated carbocycles. The van der Waals surface area contributed by atoms with Crippen molar-refractivity contribution in [1.82, 2.24) is 15.2 Å². The van der Waals surface area contributed by atoms with Crippen LogP contribution in [0.1, 0.15) is 25.1 Å². The van der Waals surface area contributed by atoms with Gasteiger partial charge in [0.05, 0.1) is 22.4 Å². The van der Waals surface area contributed by atoms with E-state index in [1.165, 1.54) is 0 Å². The topological polar surface area (TPSA) is 65.1 Å². The number of halogens is 2. The highest BCUT2D eigenvalue weighted by Gasteiger charge is 2.19. The molecule has 1 aromatic heterocycles. The monoisotopic (exact) mass is 372 g/mol. The zero-order chi connectivity index (χ0) is 15.2. The van der Waals surface area contributed by atoms with Gasteiger partial charge in [-0.2, -0.15) is 5.10 Å². The minimum atomic E-state index is -0.174. The number of nitrogens with zero attached hydrogens (tertiary/aromatic N) is 2. The van der Waals surface area contributed by atoms with Gasteiger partial charge in [0.15, 0.2) is 0 Å². The summed E-state index contributed by atoms with van der Waals surface area (Å²) in [4.78, 5) is 0. The number of nitrogens with one attached hydrogen (secondary N) is 1. The average Bonchev–Trinajstić information content (AvgIpc) is 2.82. The van der Waals surface area contributed by atoms with Crippen LogP contribution in [-0.2, 0) is 6.54 Å². The molecule has 1 unspecified atom stereocenters. The molecular weight excluding hydrogens is 356 g/mol. The minimum absolute atomic E-state index is 0.174. The molecule has 5 nitrogen and oxygen atoms in total. The van der Waals surface area contributed by atoms with Crippen LogP contribution in [0.5, 0.6) is 5.75 Å². The van der Waals surface area contributed by atoms with Crippen LogP contribution >= 0.6 is 27.5 Å². The maximum Gasteiger partial charge on any atom is 0.120 e. The Labute approximate surface area is 137 Å². The Morgan fingerprint density at radius 3 is 3.00 bits per heavy atom. The van der Waals surface area contributed by atoms with E-state index in [2.05, 4.69) is 33.4 Å². The first-order valence-corrected chi connectivity index (χ1v) is 7.88. The molecule has 0 fully saturated rings. The molecule has 0 radical (unpaired) electrons. The molecule has 114 valence electrons. The second-order valence-electron chi connectivity index (χ2n) is 4.59. The van der Waals surface area contributed by atoms with E-state index in [-0.39, 0.29) is 6.04 Å². The van der Waals surface area contributed by atoms with Crippen molar-refractivity contribution >= 4 is 27.5 Å². The van der Waals surface area contributed by atoms with Gasteiger partial charge in [-0.3, -0.25) is 10.5 Å². The van der Waals surface area contributed by atoms with Crippen molar-refractivity contribution < 1.29 is 4.74 Å². The van der Waals surface area contributed by atoms with Gasteiger partial charge in [-0.05, 0) is 40.5 Å². The Bertz CT molecular complexity index is 590. The van der Waals surface area contributed by atoms with E-state index in [1.54, 1.807) is 18.3 Å². The molecule has 2 rings (SSSR count). The molecule has 1 aromatic carbocycles. The Hall–Kier alpha value is -1.08. The lowest BCUT2D eigenvalue weighted by molar-refractivity contribution is 0.259. The smallest absolute Gasteiger partial charge is 0.120 e. The molecule has 0 aliphatic rings. The number of aromatic nitrogens is 2. The summed E-state index contributed by atoms with van der Waals surface area (Å²) in [5.74, 6) is 6.38. The van der Waals surface area contributed by atoms with Crippen molar-refractivity contribution in [2.45, 2.75) is 25.9 Å². The lowest BCUT2D eigenvalue weighted by Gasteiger charge is -2.19. The van der Waals surface area contributed by atoms with Gasteiger partial charge in [0.25, 0.3) is 0 Å². The standard InChI is InChI=1S/C14H18BrClN4O/c1-2-6-20-14(12(15)8-18-20)13(19-17)9-21-11-5-3-4-10(16)7-11/h3-5,7-8,13,19H,2,6,9,17H2,1H3. The lowest BCUT2D eigenvalue weighted by Crippen LogP contribution is -2.34. The second kappa shape index (κ2) is 7.79. The molecule has 21 heavy (non-hydrogen) atoms. The summed E-state index contributed by atoms with van der Waals surface area (Å²) < 4.78 is 8.60. The third kappa shape index (κ3) is 4.20. The molecule has 0 amide bonds. The van der Waals surface area contributed by atoms with Gasteiger partial charge in [-0.25, -0.2) is 5.43 Å². The van der Waals surface area contributed by atoms with Crippen LogP contribution < -0.4 is 16.0 Å². The van der Waals surface area contributed by atoms with E-state index in [0.29, 0.717) is 17.4 Å². The lowest BCUT2D eigenvalue weighted by atomic mass is 10.2. The molecule has 0 saturated heterocycles. The average molecular weight is 374 g/mol. The Balaban J connectivity index is 2.11. The first-order valence-electron chi connectivity index (χ1n) is 6.71. The maximum absolute atomic E-state index is 5.94. The number of hydrogen-bond donors (Lipinski definition) is 2. The Kier molecular flexibility index (Phi) is 6.05. The van der Waals surface area contributed by atoms with E-state index in [9.17, 15) is 0 Å². The van der Waals surface area contributed by atoms with Crippen LogP contribution in [0.4, 0.5) is 0 Å². The molecule has 0 bridgehead atoms. The summed E-state index contributed by atoms with van der Waals surface area (Å²) >= 11 is 9.45. The van der Waals surface area contributed by atoms with Crippen molar-refractivity contribution in [3.63, 3.8) is 0 Å². The van der Waals surface area contributed by atoms with Crippen LogP contribution in [-0.4, -0.2) is 16.4 Å². The summed E-state index contributed by atoms with van der Waals surface area (Å²) in [6.07, 6.45) is 2.77. The molecule has 0 spiro atoms. The highest BCUT2D eigenvalue weighted by molar-refractivity contribution is 9.10. The summed E-state index contributed by atoms with van der Waals surface area (Å²) in [5.41, 5.74) is 3.75. The van der Waals surface area contributed by atoms with Gasteiger partial charge in [-0.15, -0.1) is 0 Å². The van der Waals surface area contributed by atoms with E-state index in [1.807, 2.05) is 16.8 Å². The maximum atomic E-state index is 5.94. The second-order valence-corrected chi connectivity index (χ2v) is 5.88. The molecule has 0 aliphatic carbocycles. The fraction of sp³-hybridized carbons (Fsp3) is 0.357. The van der Waals surface area contributed by atoms with Gasteiger partial charge >= 0.3 is 0 Å². The van der Waals surface area contributed by atoms with Gasteiger partial charge in [0.1, 0.15) is 12.4 Å². The fourth-order valence-electron chi connectivity index (χ4n) is 2.05. The van der Waals surface area contributed by atoms with E-state index in [4.69, 9.17) is 22.2 Å². The van der Waals surface area contributed by atoms with Gasteiger partial charge in [0, 0.05) is 11.6 Å². The molecule has 1 heterocycles. The summed E-state index contributed by atoms with van der Waals surface area (Å²) in [6.45, 7) is 3.31. The highest BCUT2D eigenvalue weighted by Crippen LogP contribution is 2.25. The van der Waals surface area contributed by atoms with Crippen molar-refractivity contribution in [2.75, 3.05) is 6.61 Å².